The fourth-order valence-corrected chi connectivity index (χ4v) is 3.86. The monoisotopic (exact) mass is 375 g/mol. The number of carbonyl (C=O) groups excluding carboxylic acids is 1. The summed E-state index contributed by atoms with van der Waals surface area (Å²) in [5.41, 5.74) is 1.36. The Labute approximate surface area is 153 Å². The third kappa shape index (κ3) is 4.32. The van der Waals surface area contributed by atoms with Crippen LogP contribution in [0, 0.1) is 0 Å². The van der Waals surface area contributed by atoms with Crippen molar-refractivity contribution in [2.45, 2.75) is 24.2 Å². The molecule has 0 spiro atoms. The van der Waals surface area contributed by atoms with E-state index < -0.39 is 10.0 Å². The average molecular weight is 375 g/mol. The van der Waals surface area contributed by atoms with Gasteiger partial charge in [0.2, 0.25) is 11.8 Å². The van der Waals surface area contributed by atoms with Crippen LogP contribution in [-0.2, 0) is 21.2 Å². The molecule has 1 aromatic carbocycles. The number of sulfonamides is 1. The Bertz CT molecular complexity index is 864. The van der Waals surface area contributed by atoms with Gasteiger partial charge in [0, 0.05) is 25.6 Å². The van der Waals surface area contributed by atoms with E-state index in [4.69, 9.17) is 4.74 Å². The molecule has 1 saturated heterocycles. The molecule has 1 amide bonds. The summed E-state index contributed by atoms with van der Waals surface area (Å²) in [5, 5.41) is 0. The molecular formula is C18H21N3O4S. The number of aromatic nitrogens is 1. The van der Waals surface area contributed by atoms with Crippen LogP contribution in [0.2, 0.25) is 0 Å². The van der Waals surface area contributed by atoms with Crippen LogP contribution in [0.3, 0.4) is 0 Å². The largest absolute Gasteiger partial charge is 0.481 e. The van der Waals surface area contributed by atoms with E-state index >= 15 is 0 Å². The molecule has 1 fully saturated rings. The predicted octanol–water partition coefficient (Wildman–Crippen LogP) is 2.06. The van der Waals surface area contributed by atoms with Crippen molar-refractivity contribution >= 4 is 21.6 Å². The molecule has 2 heterocycles. The molecule has 0 unspecified atom stereocenters. The van der Waals surface area contributed by atoms with Gasteiger partial charge >= 0.3 is 0 Å². The van der Waals surface area contributed by atoms with Gasteiger partial charge in [0.15, 0.2) is 0 Å². The summed E-state index contributed by atoms with van der Waals surface area (Å²) in [6.45, 7) is 1.48. The zero-order valence-corrected chi connectivity index (χ0v) is 15.3. The van der Waals surface area contributed by atoms with Crippen LogP contribution in [0.4, 0.5) is 5.69 Å². The molecule has 1 N–H and O–H groups in total. The fourth-order valence-electron chi connectivity index (χ4n) is 2.82. The highest BCUT2D eigenvalue weighted by Crippen LogP contribution is 2.18. The number of nitrogens with one attached hydrogen (secondary N) is 1. The number of amides is 1. The summed E-state index contributed by atoms with van der Waals surface area (Å²) in [6, 6.07) is 9.87. The summed E-state index contributed by atoms with van der Waals surface area (Å²) in [6.07, 6.45) is 3.66. The second-order valence-corrected chi connectivity index (χ2v) is 7.76. The minimum atomic E-state index is -3.68. The van der Waals surface area contributed by atoms with Crippen molar-refractivity contribution in [3.8, 4) is 5.88 Å². The second-order valence-electron chi connectivity index (χ2n) is 6.07. The molecule has 1 aromatic heterocycles. The Morgan fingerprint density at radius 1 is 1.19 bits per heavy atom. The first kappa shape index (κ1) is 18.2. The van der Waals surface area contributed by atoms with Crippen molar-refractivity contribution in [2.24, 2.45) is 0 Å². The van der Waals surface area contributed by atoms with E-state index in [1.807, 2.05) is 4.90 Å². The summed E-state index contributed by atoms with van der Waals surface area (Å²) in [5.74, 6) is 0.607. The fraction of sp³-hybridized carbons (Fsp3) is 0.333. The number of benzene rings is 1. The standard InChI is InChI=1S/C18H21N3O4S/c1-25-17-9-6-15(13-19-17)20-26(23,24)16-7-4-14(5-8-16)10-12-21-11-2-3-18(21)22/h4-9,13,20H,2-3,10-12H2,1H3. The minimum absolute atomic E-state index is 0.175. The maximum Gasteiger partial charge on any atom is 0.261 e. The average Bonchev–Trinajstić information content (AvgIpc) is 3.05. The van der Waals surface area contributed by atoms with Crippen molar-refractivity contribution in [3.63, 3.8) is 0 Å². The van der Waals surface area contributed by atoms with Crippen molar-refractivity contribution in [1.29, 1.82) is 0 Å². The summed E-state index contributed by atoms with van der Waals surface area (Å²) < 4.78 is 32.3. The lowest BCUT2D eigenvalue weighted by Crippen LogP contribution is -2.26. The Morgan fingerprint density at radius 3 is 2.54 bits per heavy atom. The third-order valence-corrected chi connectivity index (χ3v) is 5.67. The van der Waals surface area contributed by atoms with E-state index in [2.05, 4.69) is 9.71 Å². The van der Waals surface area contributed by atoms with Crippen LogP contribution in [0.25, 0.3) is 0 Å². The first-order valence-electron chi connectivity index (χ1n) is 8.37. The van der Waals surface area contributed by atoms with Crippen LogP contribution >= 0.6 is 0 Å². The molecule has 26 heavy (non-hydrogen) atoms. The number of nitrogens with zero attached hydrogens (tertiary/aromatic N) is 2. The lowest BCUT2D eigenvalue weighted by atomic mass is 10.1. The van der Waals surface area contributed by atoms with Crippen molar-refractivity contribution < 1.29 is 17.9 Å². The number of pyridine rings is 1. The minimum Gasteiger partial charge on any atom is -0.481 e. The lowest BCUT2D eigenvalue weighted by Gasteiger charge is -2.15. The Balaban J connectivity index is 1.63. The zero-order valence-electron chi connectivity index (χ0n) is 14.5. The van der Waals surface area contributed by atoms with Gasteiger partial charge in [-0.1, -0.05) is 12.1 Å². The van der Waals surface area contributed by atoms with Crippen molar-refractivity contribution in [2.75, 3.05) is 24.9 Å². The molecule has 0 radical (unpaired) electrons. The maximum atomic E-state index is 12.5. The first-order valence-corrected chi connectivity index (χ1v) is 9.86. The SMILES string of the molecule is COc1ccc(NS(=O)(=O)c2ccc(CCN3CCCC3=O)cc2)cn1. The number of methoxy groups -OCH3 is 1. The molecule has 0 saturated carbocycles. The maximum absolute atomic E-state index is 12.5. The zero-order chi connectivity index (χ0) is 18.6. The summed E-state index contributed by atoms with van der Waals surface area (Å²) in [7, 11) is -2.19. The molecule has 3 rings (SSSR count). The topological polar surface area (TPSA) is 88.6 Å². The normalized spacial score (nSPS) is 14.5. The number of likely N-dealkylation sites (tertiary alicyclic amines) is 1. The molecule has 7 nitrogen and oxygen atoms in total. The quantitative estimate of drug-likeness (QED) is 0.800. The van der Waals surface area contributed by atoms with Crippen molar-refractivity contribution in [3.05, 3.63) is 48.2 Å². The van der Waals surface area contributed by atoms with Gasteiger partial charge in [0.05, 0.1) is 23.9 Å². The number of anilines is 1. The second kappa shape index (κ2) is 7.74. The number of hydrogen-bond acceptors (Lipinski definition) is 5. The molecule has 2 aromatic rings. The van der Waals surface area contributed by atoms with E-state index in [1.54, 1.807) is 36.4 Å². The van der Waals surface area contributed by atoms with Gasteiger partial charge in [0.1, 0.15) is 0 Å². The van der Waals surface area contributed by atoms with Crippen molar-refractivity contribution in [1.82, 2.24) is 9.88 Å². The smallest absolute Gasteiger partial charge is 0.261 e. The van der Waals surface area contributed by atoms with E-state index in [-0.39, 0.29) is 10.8 Å². The van der Waals surface area contributed by atoms with Crippen LogP contribution < -0.4 is 9.46 Å². The van der Waals surface area contributed by atoms with Gasteiger partial charge < -0.3 is 9.64 Å². The third-order valence-electron chi connectivity index (χ3n) is 4.27. The van der Waals surface area contributed by atoms with Crippen LogP contribution in [0.15, 0.2) is 47.5 Å². The number of carbonyl (C=O) groups is 1. The Morgan fingerprint density at radius 2 is 1.96 bits per heavy atom. The highest BCUT2D eigenvalue weighted by Gasteiger charge is 2.19. The predicted molar refractivity (Wildman–Crippen MR) is 97.6 cm³/mol. The van der Waals surface area contributed by atoms with Gasteiger partial charge in [-0.25, -0.2) is 13.4 Å². The molecule has 8 heteroatoms. The van der Waals surface area contributed by atoms with Gasteiger partial charge in [-0.3, -0.25) is 9.52 Å². The Hall–Kier alpha value is -2.61. The highest BCUT2D eigenvalue weighted by atomic mass is 32.2. The van der Waals surface area contributed by atoms with Crippen LogP contribution in [-0.4, -0.2) is 44.4 Å². The highest BCUT2D eigenvalue weighted by molar-refractivity contribution is 7.92. The number of hydrogen-bond donors (Lipinski definition) is 1. The molecule has 138 valence electrons. The molecule has 1 aliphatic heterocycles. The van der Waals surface area contributed by atoms with Gasteiger partial charge in [-0.15, -0.1) is 0 Å². The van der Waals surface area contributed by atoms with E-state index in [1.165, 1.54) is 13.3 Å². The molecule has 0 atom stereocenters. The molecule has 0 bridgehead atoms. The van der Waals surface area contributed by atoms with E-state index in [0.717, 1.165) is 18.5 Å². The molecule has 0 aliphatic carbocycles. The number of rotatable bonds is 7. The van der Waals surface area contributed by atoms with Crippen LogP contribution in [0.1, 0.15) is 18.4 Å². The van der Waals surface area contributed by atoms with E-state index in [9.17, 15) is 13.2 Å². The van der Waals surface area contributed by atoms with Crippen LogP contribution in [0.5, 0.6) is 5.88 Å². The van der Waals surface area contributed by atoms with Gasteiger partial charge in [-0.05, 0) is 36.6 Å². The number of ether oxygens (including phenoxy) is 1. The molecule has 1 aliphatic rings. The van der Waals surface area contributed by atoms with E-state index in [0.29, 0.717) is 31.0 Å². The van der Waals surface area contributed by atoms with Gasteiger partial charge in [0.25, 0.3) is 10.0 Å². The Kier molecular flexibility index (Phi) is 5.41. The molecular weight excluding hydrogens is 354 g/mol. The summed E-state index contributed by atoms with van der Waals surface area (Å²) in [4.78, 5) is 17.6. The summed E-state index contributed by atoms with van der Waals surface area (Å²) >= 11 is 0. The first-order chi connectivity index (χ1) is 12.5. The lowest BCUT2D eigenvalue weighted by molar-refractivity contribution is -0.127. The van der Waals surface area contributed by atoms with Gasteiger partial charge in [-0.2, -0.15) is 0 Å².